The van der Waals surface area contributed by atoms with Crippen LogP contribution in [0.5, 0.6) is 0 Å². The van der Waals surface area contributed by atoms with E-state index in [4.69, 9.17) is 11.6 Å². The molecule has 24 heavy (non-hydrogen) atoms. The van der Waals surface area contributed by atoms with Crippen molar-refractivity contribution in [2.24, 2.45) is 0 Å². The number of aromatic amines is 1. The highest BCUT2D eigenvalue weighted by molar-refractivity contribution is 6.30. The first kappa shape index (κ1) is 16.3. The molecule has 0 fully saturated rings. The third-order valence-corrected chi connectivity index (χ3v) is 4.17. The largest absolute Gasteiger partial charge is 0.361 e. The molecule has 0 spiro atoms. The van der Waals surface area contributed by atoms with E-state index < -0.39 is 0 Å². The van der Waals surface area contributed by atoms with Crippen LogP contribution in [-0.4, -0.2) is 17.4 Å². The molecule has 0 radical (unpaired) electrons. The maximum atomic E-state index is 11.9. The van der Waals surface area contributed by atoms with Crippen molar-refractivity contribution in [1.82, 2.24) is 10.3 Å². The molecule has 1 heterocycles. The second kappa shape index (κ2) is 7.37. The van der Waals surface area contributed by atoms with Gasteiger partial charge in [0.1, 0.15) is 0 Å². The van der Waals surface area contributed by atoms with Gasteiger partial charge in [0.15, 0.2) is 0 Å². The first-order valence-electron chi connectivity index (χ1n) is 7.90. The third kappa shape index (κ3) is 4.06. The zero-order valence-corrected chi connectivity index (χ0v) is 14.2. The number of amides is 1. The molecule has 3 rings (SSSR count). The molecule has 2 N–H and O–H groups in total. The van der Waals surface area contributed by atoms with Crippen molar-refractivity contribution in [1.29, 1.82) is 0 Å². The molecule has 3 nitrogen and oxygen atoms in total. The van der Waals surface area contributed by atoms with Gasteiger partial charge >= 0.3 is 0 Å². The quantitative estimate of drug-likeness (QED) is 0.661. The number of benzene rings is 2. The minimum atomic E-state index is -0.0963. The lowest BCUT2D eigenvalue weighted by molar-refractivity contribution is -0.116. The summed E-state index contributed by atoms with van der Waals surface area (Å²) < 4.78 is 0. The Hall–Kier alpha value is -2.52. The second-order valence-electron chi connectivity index (χ2n) is 5.79. The fraction of sp³-hybridized carbons (Fsp3) is 0.150. The van der Waals surface area contributed by atoms with E-state index >= 15 is 0 Å². The number of aromatic nitrogens is 1. The van der Waals surface area contributed by atoms with Gasteiger partial charge in [-0.3, -0.25) is 4.79 Å². The summed E-state index contributed by atoms with van der Waals surface area (Å²) in [5.74, 6) is -0.0963. The van der Waals surface area contributed by atoms with E-state index in [1.54, 1.807) is 24.3 Å². The molecule has 4 heteroatoms. The number of aryl methyl sites for hydroxylation is 1. The highest BCUT2D eigenvalue weighted by atomic mass is 35.5. The highest BCUT2D eigenvalue weighted by Crippen LogP contribution is 2.19. The van der Waals surface area contributed by atoms with Crippen LogP contribution in [0.1, 0.15) is 16.7 Å². The number of fused-ring (bicyclic) bond motifs is 1. The Morgan fingerprint density at radius 1 is 1.21 bits per heavy atom. The number of halogens is 1. The zero-order chi connectivity index (χ0) is 16.9. The molecule has 122 valence electrons. The smallest absolute Gasteiger partial charge is 0.244 e. The van der Waals surface area contributed by atoms with Gasteiger partial charge in [0, 0.05) is 34.7 Å². The van der Waals surface area contributed by atoms with Gasteiger partial charge in [-0.05, 0) is 54.8 Å². The van der Waals surface area contributed by atoms with Crippen molar-refractivity contribution in [3.05, 3.63) is 76.5 Å². The van der Waals surface area contributed by atoms with Gasteiger partial charge in [-0.1, -0.05) is 35.4 Å². The first-order valence-corrected chi connectivity index (χ1v) is 8.28. The molecule has 0 aliphatic heterocycles. The minimum absolute atomic E-state index is 0.0963. The SMILES string of the molecule is Cc1ccc2[nH]cc(CCNC(=O)/C=C/c3ccc(Cl)cc3)c2c1. The fourth-order valence-corrected chi connectivity index (χ4v) is 2.75. The van der Waals surface area contributed by atoms with E-state index in [2.05, 4.69) is 35.4 Å². The third-order valence-electron chi connectivity index (χ3n) is 3.91. The van der Waals surface area contributed by atoms with Gasteiger partial charge in [-0.2, -0.15) is 0 Å². The second-order valence-corrected chi connectivity index (χ2v) is 6.23. The summed E-state index contributed by atoms with van der Waals surface area (Å²) >= 11 is 5.84. The predicted molar refractivity (Wildman–Crippen MR) is 100 cm³/mol. The van der Waals surface area contributed by atoms with Crippen molar-refractivity contribution >= 4 is 34.5 Å². The number of hydrogen-bond acceptors (Lipinski definition) is 1. The van der Waals surface area contributed by atoms with Crippen LogP contribution in [0.2, 0.25) is 5.02 Å². The van der Waals surface area contributed by atoms with Crippen LogP contribution in [-0.2, 0) is 11.2 Å². The van der Waals surface area contributed by atoms with E-state index in [-0.39, 0.29) is 5.91 Å². The van der Waals surface area contributed by atoms with E-state index in [1.165, 1.54) is 16.5 Å². The molecule has 0 unspecified atom stereocenters. The number of rotatable bonds is 5. The number of H-pyrrole nitrogens is 1. The molecule has 0 aliphatic carbocycles. The van der Waals surface area contributed by atoms with Crippen LogP contribution < -0.4 is 5.32 Å². The van der Waals surface area contributed by atoms with Crippen LogP contribution in [0.15, 0.2) is 54.7 Å². The summed E-state index contributed by atoms with van der Waals surface area (Å²) in [5.41, 5.74) is 4.53. The van der Waals surface area contributed by atoms with Gasteiger partial charge in [0.2, 0.25) is 5.91 Å². The molecule has 1 amide bonds. The lowest BCUT2D eigenvalue weighted by Crippen LogP contribution is -2.23. The molecule has 0 atom stereocenters. The van der Waals surface area contributed by atoms with Crippen molar-refractivity contribution in [3.63, 3.8) is 0 Å². The Morgan fingerprint density at radius 2 is 2.00 bits per heavy atom. The molecular weight excluding hydrogens is 320 g/mol. The van der Waals surface area contributed by atoms with E-state index in [9.17, 15) is 4.79 Å². The van der Waals surface area contributed by atoms with Gasteiger partial charge < -0.3 is 10.3 Å². The van der Waals surface area contributed by atoms with Crippen molar-refractivity contribution in [3.8, 4) is 0 Å². The average Bonchev–Trinajstić information content (AvgIpc) is 2.97. The molecule has 0 aliphatic rings. The van der Waals surface area contributed by atoms with Crippen LogP contribution >= 0.6 is 11.6 Å². The average molecular weight is 339 g/mol. The van der Waals surface area contributed by atoms with Crippen molar-refractivity contribution < 1.29 is 4.79 Å². The maximum absolute atomic E-state index is 11.9. The number of carbonyl (C=O) groups excluding carboxylic acids is 1. The normalized spacial score (nSPS) is 11.2. The summed E-state index contributed by atoms with van der Waals surface area (Å²) in [6.45, 7) is 2.68. The van der Waals surface area contributed by atoms with Crippen LogP contribution in [0.4, 0.5) is 0 Å². The van der Waals surface area contributed by atoms with Gasteiger partial charge in [-0.25, -0.2) is 0 Å². The van der Waals surface area contributed by atoms with Gasteiger partial charge in [-0.15, -0.1) is 0 Å². The standard InChI is InChI=1S/C20H19ClN2O/c1-14-2-8-19-18(12-14)16(13-23-19)10-11-22-20(24)9-5-15-3-6-17(21)7-4-15/h2-9,12-13,23H,10-11H2,1H3,(H,22,24)/b9-5+. The van der Waals surface area contributed by atoms with Crippen LogP contribution in [0.25, 0.3) is 17.0 Å². The summed E-state index contributed by atoms with van der Waals surface area (Å²) in [7, 11) is 0. The van der Waals surface area contributed by atoms with E-state index in [0.717, 1.165) is 17.5 Å². The van der Waals surface area contributed by atoms with Crippen molar-refractivity contribution in [2.45, 2.75) is 13.3 Å². The van der Waals surface area contributed by atoms with Crippen LogP contribution in [0.3, 0.4) is 0 Å². The fourth-order valence-electron chi connectivity index (χ4n) is 2.62. The van der Waals surface area contributed by atoms with Gasteiger partial charge in [0.25, 0.3) is 0 Å². The van der Waals surface area contributed by atoms with E-state index in [0.29, 0.717) is 11.6 Å². The molecule has 3 aromatic rings. The summed E-state index contributed by atoms with van der Waals surface area (Å²) in [6.07, 6.45) is 6.13. The van der Waals surface area contributed by atoms with E-state index in [1.807, 2.05) is 18.3 Å². The Balaban J connectivity index is 1.54. The number of hydrogen-bond donors (Lipinski definition) is 2. The summed E-state index contributed by atoms with van der Waals surface area (Å²) in [6, 6.07) is 13.7. The monoisotopic (exact) mass is 338 g/mol. The molecule has 1 aromatic heterocycles. The topological polar surface area (TPSA) is 44.9 Å². The Kier molecular flexibility index (Phi) is 5.02. The number of carbonyl (C=O) groups is 1. The Bertz CT molecular complexity index is 878. The zero-order valence-electron chi connectivity index (χ0n) is 13.5. The Labute approximate surface area is 146 Å². The molecule has 2 aromatic carbocycles. The lowest BCUT2D eigenvalue weighted by Gasteiger charge is -2.02. The summed E-state index contributed by atoms with van der Waals surface area (Å²) in [4.78, 5) is 15.2. The number of nitrogens with one attached hydrogen (secondary N) is 2. The first-order chi connectivity index (χ1) is 11.6. The lowest BCUT2D eigenvalue weighted by atomic mass is 10.1. The molecule has 0 saturated carbocycles. The van der Waals surface area contributed by atoms with Crippen LogP contribution in [0, 0.1) is 6.92 Å². The van der Waals surface area contributed by atoms with Crippen molar-refractivity contribution in [2.75, 3.05) is 6.54 Å². The minimum Gasteiger partial charge on any atom is -0.361 e. The highest BCUT2D eigenvalue weighted by Gasteiger charge is 2.04. The molecule has 0 bridgehead atoms. The molecular formula is C20H19ClN2O. The maximum Gasteiger partial charge on any atom is 0.244 e. The Morgan fingerprint density at radius 3 is 2.79 bits per heavy atom. The predicted octanol–water partition coefficient (Wildman–Crippen LogP) is 4.50. The molecule has 0 saturated heterocycles. The summed E-state index contributed by atoms with van der Waals surface area (Å²) in [5, 5.41) is 4.83. The van der Waals surface area contributed by atoms with Gasteiger partial charge in [0.05, 0.1) is 0 Å².